The van der Waals surface area contributed by atoms with Gasteiger partial charge < -0.3 is 18.6 Å². The second-order valence-corrected chi connectivity index (χ2v) is 13.5. The summed E-state index contributed by atoms with van der Waals surface area (Å²) in [5.41, 5.74) is 1.24. The quantitative estimate of drug-likeness (QED) is 0.339. The number of benzene rings is 1. The van der Waals surface area contributed by atoms with E-state index in [-0.39, 0.29) is 43.0 Å². The van der Waals surface area contributed by atoms with Crippen molar-refractivity contribution in [1.82, 2.24) is 19.7 Å². The number of halogens is 3. The molecule has 228 valence electrons. The maximum atomic E-state index is 13.0. The molecule has 2 aliphatic rings. The first-order valence-electron chi connectivity index (χ1n) is 13.4. The van der Waals surface area contributed by atoms with Crippen LogP contribution in [0.4, 0.5) is 13.2 Å². The summed E-state index contributed by atoms with van der Waals surface area (Å²) in [5.74, 6) is 0.0482. The first-order chi connectivity index (χ1) is 19.8. The SMILES string of the molecule is Cc1cc(C(F)(F)F)nn1CC(=O)N1CCC(c2nc(C3OCc4cccc(OS(=O)(=O)C(C)C)c4CO3)cs2)CC1. The van der Waals surface area contributed by atoms with E-state index in [1.165, 1.54) is 18.3 Å². The average molecular weight is 629 g/mol. The van der Waals surface area contributed by atoms with E-state index in [9.17, 15) is 26.4 Å². The van der Waals surface area contributed by atoms with Crippen molar-refractivity contribution >= 4 is 27.4 Å². The van der Waals surface area contributed by atoms with Gasteiger partial charge in [0.05, 0.1) is 23.5 Å². The Labute approximate surface area is 245 Å². The molecule has 5 rings (SSSR count). The molecule has 0 bridgehead atoms. The monoisotopic (exact) mass is 628 g/mol. The third-order valence-electron chi connectivity index (χ3n) is 7.32. The molecule has 0 radical (unpaired) electrons. The highest BCUT2D eigenvalue weighted by Crippen LogP contribution is 2.36. The Morgan fingerprint density at radius 3 is 2.57 bits per heavy atom. The number of carbonyl (C=O) groups excluding carboxylic acids is 1. The smallest absolute Gasteiger partial charge is 0.382 e. The molecule has 1 aromatic carbocycles. The number of carbonyl (C=O) groups is 1. The molecule has 10 nitrogen and oxygen atoms in total. The number of fused-ring (bicyclic) bond motifs is 1. The molecule has 0 saturated carbocycles. The number of aryl methyl sites for hydroxylation is 1. The van der Waals surface area contributed by atoms with E-state index in [0.717, 1.165) is 21.3 Å². The molecule has 1 saturated heterocycles. The van der Waals surface area contributed by atoms with E-state index >= 15 is 0 Å². The van der Waals surface area contributed by atoms with E-state index in [0.29, 0.717) is 37.2 Å². The Morgan fingerprint density at radius 2 is 1.90 bits per heavy atom. The number of hydrogen-bond donors (Lipinski definition) is 0. The van der Waals surface area contributed by atoms with E-state index < -0.39 is 33.5 Å². The molecule has 42 heavy (non-hydrogen) atoms. The summed E-state index contributed by atoms with van der Waals surface area (Å²) < 4.78 is 81.9. The van der Waals surface area contributed by atoms with Crippen molar-refractivity contribution in [2.24, 2.45) is 0 Å². The molecule has 1 amide bonds. The Kier molecular flexibility index (Phi) is 8.65. The molecule has 0 N–H and O–H groups in total. The lowest BCUT2D eigenvalue weighted by Gasteiger charge is -2.31. The van der Waals surface area contributed by atoms with Gasteiger partial charge in [0.15, 0.2) is 5.69 Å². The number of likely N-dealkylation sites (tertiary alicyclic amines) is 1. The minimum absolute atomic E-state index is 0.0807. The van der Waals surface area contributed by atoms with Crippen LogP contribution < -0.4 is 4.18 Å². The molecule has 15 heteroatoms. The highest BCUT2D eigenvalue weighted by molar-refractivity contribution is 7.87. The lowest BCUT2D eigenvalue weighted by atomic mass is 9.97. The number of ether oxygens (including phenoxy) is 2. The zero-order valence-corrected chi connectivity index (χ0v) is 24.9. The molecule has 0 spiro atoms. The summed E-state index contributed by atoms with van der Waals surface area (Å²) >= 11 is 1.47. The van der Waals surface area contributed by atoms with Gasteiger partial charge in [0.2, 0.25) is 12.2 Å². The predicted molar refractivity (Wildman–Crippen MR) is 146 cm³/mol. The van der Waals surface area contributed by atoms with Crippen LogP contribution in [0.25, 0.3) is 0 Å². The zero-order chi connectivity index (χ0) is 30.2. The molecule has 3 aromatic rings. The third kappa shape index (κ3) is 6.63. The third-order valence-corrected chi connectivity index (χ3v) is 9.91. The van der Waals surface area contributed by atoms with E-state index in [4.69, 9.17) is 18.6 Å². The van der Waals surface area contributed by atoms with Crippen molar-refractivity contribution in [1.29, 1.82) is 0 Å². The fraction of sp³-hybridized carbons (Fsp3) is 0.519. The molecular formula is C27H31F3N4O6S2. The predicted octanol–water partition coefficient (Wildman–Crippen LogP) is 4.94. The van der Waals surface area contributed by atoms with Gasteiger partial charge in [-0.15, -0.1) is 11.3 Å². The summed E-state index contributed by atoms with van der Waals surface area (Å²) in [6.45, 7) is 5.52. The Morgan fingerprint density at radius 1 is 1.19 bits per heavy atom. The highest BCUT2D eigenvalue weighted by Gasteiger charge is 2.35. The van der Waals surface area contributed by atoms with Crippen molar-refractivity contribution in [3.8, 4) is 5.75 Å². The maximum absolute atomic E-state index is 13.0. The molecule has 2 aromatic heterocycles. The van der Waals surface area contributed by atoms with Crippen LogP contribution in [0.2, 0.25) is 0 Å². The first kappa shape index (κ1) is 30.4. The Hall–Kier alpha value is -3.01. The lowest BCUT2D eigenvalue weighted by Crippen LogP contribution is -2.40. The summed E-state index contributed by atoms with van der Waals surface area (Å²) in [6, 6.07) is 6.07. The molecular weight excluding hydrogens is 597 g/mol. The van der Waals surface area contributed by atoms with Gasteiger partial charge in [0.25, 0.3) is 0 Å². The number of nitrogens with zero attached hydrogens (tertiary/aromatic N) is 4. The maximum Gasteiger partial charge on any atom is 0.435 e. The minimum atomic E-state index is -4.56. The largest absolute Gasteiger partial charge is 0.435 e. The Balaban J connectivity index is 1.18. The number of alkyl halides is 3. The van der Waals surface area contributed by atoms with Crippen molar-refractivity contribution in [2.75, 3.05) is 13.1 Å². The van der Waals surface area contributed by atoms with Crippen molar-refractivity contribution in [2.45, 2.75) is 77.0 Å². The molecule has 1 atom stereocenters. The molecule has 1 unspecified atom stereocenters. The second-order valence-electron chi connectivity index (χ2n) is 10.6. The number of hydrogen-bond acceptors (Lipinski definition) is 9. The number of aromatic nitrogens is 3. The molecule has 1 fully saturated rings. The standard InChI is InChI=1S/C27H31F3N4O6S2/c1-16(2)42(36,37)40-22-6-4-5-19-13-38-26(39-14-20(19)22)21-15-41-25(31-21)18-7-9-33(10-8-18)24(35)12-34-17(3)11-23(32-34)27(28,29)30/h4-6,11,15-16,18,26H,7-10,12-14H2,1-3H3. The summed E-state index contributed by atoms with van der Waals surface area (Å²) in [4.78, 5) is 19.2. The summed E-state index contributed by atoms with van der Waals surface area (Å²) in [5, 5.41) is 5.60. The summed E-state index contributed by atoms with van der Waals surface area (Å²) in [7, 11) is -3.78. The fourth-order valence-corrected chi connectivity index (χ4v) is 6.35. The van der Waals surface area contributed by atoms with Crippen LogP contribution in [0.15, 0.2) is 29.6 Å². The van der Waals surface area contributed by atoms with Gasteiger partial charge in [0, 0.05) is 35.6 Å². The van der Waals surface area contributed by atoms with Gasteiger partial charge in [-0.25, -0.2) is 4.98 Å². The first-order valence-corrected chi connectivity index (χ1v) is 15.8. The van der Waals surface area contributed by atoms with E-state index in [1.807, 2.05) is 11.4 Å². The Bertz CT molecular complexity index is 1550. The van der Waals surface area contributed by atoms with Crippen LogP contribution >= 0.6 is 11.3 Å². The highest BCUT2D eigenvalue weighted by atomic mass is 32.2. The van der Waals surface area contributed by atoms with Gasteiger partial charge in [0.1, 0.15) is 18.0 Å². The van der Waals surface area contributed by atoms with Crippen molar-refractivity contribution < 1.29 is 40.0 Å². The molecule has 0 aliphatic carbocycles. The number of rotatable bonds is 7. The van der Waals surface area contributed by atoms with Gasteiger partial charge in [-0.3, -0.25) is 9.48 Å². The van der Waals surface area contributed by atoms with E-state index in [1.54, 1.807) is 30.9 Å². The van der Waals surface area contributed by atoms with Crippen LogP contribution in [0.5, 0.6) is 5.75 Å². The number of amides is 1. The van der Waals surface area contributed by atoms with Crippen LogP contribution in [0, 0.1) is 6.92 Å². The lowest BCUT2D eigenvalue weighted by molar-refractivity contribution is -0.155. The molecule has 4 heterocycles. The van der Waals surface area contributed by atoms with Crippen molar-refractivity contribution in [3.63, 3.8) is 0 Å². The number of thiazole rings is 1. The molecule has 2 aliphatic heterocycles. The van der Waals surface area contributed by atoms with Gasteiger partial charge >= 0.3 is 16.3 Å². The normalized spacial score (nSPS) is 18.6. The number of piperidine rings is 1. The van der Waals surface area contributed by atoms with Crippen LogP contribution in [-0.2, 0) is 50.3 Å². The van der Waals surface area contributed by atoms with Gasteiger partial charge in [-0.1, -0.05) is 12.1 Å². The summed E-state index contributed by atoms with van der Waals surface area (Å²) in [6.07, 6.45) is -3.99. The van der Waals surface area contributed by atoms with Gasteiger partial charge in [-0.05, 0) is 51.3 Å². The topological polar surface area (TPSA) is 113 Å². The van der Waals surface area contributed by atoms with Crippen molar-refractivity contribution in [3.05, 3.63) is 62.9 Å². The van der Waals surface area contributed by atoms with Crippen LogP contribution in [-0.4, -0.2) is 52.3 Å². The fourth-order valence-electron chi connectivity index (χ4n) is 4.76. The second kappa shape index (κ2) is 11.9. The van der Waals surface area contributed by atoms with Crippen LogP contribution in [0.3, 0.4) is 0 Å². The van der Waals surface area contributed by atoms with Crippen LogP contribution in [0.1, 0.15) is 72.1 Å². The zero-order valence-electron chi connectivity index (χ0n) is 23.3. The van der Waals surface area contributed by atoms with E-state index in [2.05, 4.69) is 5.10 Å². The minimum Gasteiger partial charge on any atom is -0.382 e. The van der Waals surface area contributed by atoms with Gasteiger partial charge in [-0.2, -0.15) is 26.7 Å². The average Bonchev–Trinajstić information content (AvgIpc) is 3.50.